The van der Waals surface area contributed by atoms with Crippen LogP contribution in [0.25, 0.3) is 21.8 Å². The fourth-order valence-corrected chi connectivity index (χ4v) is 5.68. The van der Waals surface area contributed by atoms with Crippen molar-refractivity contribution in [3.63, 3.8) is 0 Å². The maximum atomic E-state index is 4.80. The molecule has 200 valence electrons. The maximum Gasteiger partial charge on any atom is 1.00 e. The van der Waals surface area contributed by atoms with Gasteiger partial charge in [0.05, 0.1) is 0 Å². The van der Waals surface area contributed by atoms with Gasteiger partial charge in [0.25, 0.3) is 12.4 Å². The fourth-order valence-electron chi connectivity index (χ4n) is 5.68. The van der Waals surface area contributed by atoms with Crippen molar-refractivity contribution in [1.29, 1.82) is 0 Å². The predicted molar refractivity (Wildman–Crippen MR) is 160 cm³/mol. The number of hydrogen-bond acceptors (Lipinski definition) is 0. The summed E-state index contributed by atoms with van der Waals surface area (Å²) in [6.07, 6.45) is 4.14. The molecule has 0 spiro atoms. The number of para-hydroxylation sites is 2. The molecule has 3 nitrogen and oxygen atoms in total. The first-order chi connectivity index (χ1) is 18.1. The van der Waals surface area contributed by atoms with Gasteiger partial charge in [-0.2, -0.15) is 0 Å². The molecule has 0 unspecified atom stereocenters. The average molecular weight is 696 g/mol. The summed E-state index contributed by atoms with van der Waals surface area (Å²) >= 11 is 0. The average Bonchev–Trinajstić information content (AvgIpc) is 3.45. The van der Waals surface area contributed by atoms with Gasteiger partial charge in [-0.25, -0.2) is 0 Å². The fraction of sp³-hybridized carbons (Fsp3) is 0.229. The van der Waals surface area contributed by atoms with Crippen molar-refractivity contribution in [3.8, 4) is 0 Å². The largest absolute Gasteiger partial charge is 1.00 e. The van der Waals surface area contributed by atoms with E-state index in [0.717, 1.165) is 11.0 Å². The van der Waals surface area contributed by atoms with Crippen LogP contribution in [0.5, 0.6) is 0 Å². The Morgan fingerprint density at radius 1 is 0.513 bits per heavy atom. The molecule has 0 N–H and O–H groups in total. The van der Waals surface area contributed by atoms with Gasteiger partial charge in [0, 0.05) is 22.3 Å². The third kappa shape index (κ3) is 5.50. The van der Waals surface area contributed by atoms with Crippen LogP contribution in [0.1, 0.15) is 44.5 Å². The van der Waals surface area contributed by atoms with Gasteiger partial charge in [-0.1, -0.05) is 92.1 Å². The molecular weight excluding hydrogens is 659 g/mol. The van der Waals surface area contributed by atoms with Crippen molar-refractivity contribution in [3.05, 3.63) is 118 Å². The van der Waals surface area contributed by atoms with Gasteiger partial charge in [-0.15, -0.1) is 11.0 Å². The molecule has 6 rings (SSSR count). The standard InChI is InChI=1S/C19H20N2.C16H16N.Au/c1-14-7-5-8-15(2)18(14)20-11-12-21(13-20)19-16(3)9-6-10-17(19)4;1-9-5-11(3)15-13(7-9)14-8-10(2)6-12(4)16(14)17-15;/h5-12H,1-4H3;5-8H,1-4H3;/q+2;-1;+1. The van der Waals surface area contributed by atoms with E-state index in [2.05, 4.69) is 144 Å². The Bertz CT molecular complexity index is 1660. The molecule has 0 amide bonds. The molecule has 1 aliphatic rings. The van der Waals surface area contributed by atoms with E-state index in [4.69, 9.17) is 4.98 Å². The van der Waals surface area contributed by atoms with E-state index in [1.54, 1.807) is 0 Å². The first-order valence-electron chi connectivity index (χ1n) is 13.2. The molecule has 4 aromatic carbocycles. The van der Waals surface area contributed by atoms with Crippen LogP contribution in [0, 0.1) is 55.4 Å². The molecule has 0 bridgehead atoms. The molecule has 0 saturated carbocycles. The normalized spacial score (nSPS) is 12.2. The monoisotopic (exact) mass is 695 g/mol. The first kappa shape index (κ1) is 28.5. The Kier molecular flexibility index (Phi) is 8.30. The van der Waals surface area contributed by atoms with E-state index in [1.807, 2.05) is 0 Å². The summed E-state index contributed by atoms with van der Waals surface area (Å²) in [6.45, 7) is 17.1. The van der Waals surface area contributed by atoms with Crippen molar-refractivity contribution >= 4 is 39.2 Å². The summed E-state index contributed by atoms with van der Waals surface area (Å²) in [5, 5.41) is 2.59. The Morgan fingerprint density at radius 3 is 1.23 bits per heavy atom. The number of aryl methyl sites for hydroxylation is 8. The minimum atomic E-state index is 0. The van der Waals surface area contributed by atoms with Crippen LogP contribution in [-0.4, -0.2) is 15.2 Å². The smallest absolute Gasteiger partial charge is 0.656 e. The van der Waals surface area contributed by atoms with Gasteiger partial charge < -0.3 is 4.98 Å². The van der Waals surface area contributed by atoms with Crippen LogP contribution in [0.3, 0.4) is 0 Å². The van der Waals surface area contributed by atoms with Crippen molar-refractivity contribution in [2.75, 3.05) is 0 Å². The SMILES string of the molecule is Cc1cc(C)c2[n-]c3c(C)cc(C)cc3c2c1.Cc1cccc(C)c1[N+]1=C=[N+](c2c(C)cccc2C)C=C1.[Au+]. The molecule has 4 heteroatoms. The van der Waals surface area contributed by atoms with E-state index < -0.39 is 0 Å². The number of rotatable bonds is 2. The Morgan fingerprint density at radius 2 is 0.872 bits per heavy atom. The molecule has 1 aliphatic heterocycles. The summed E-state index contributed by atoms with van der Waals surface area (Å²) in [4.78, 5) is 4.80. The zero-order valence-electron chi connectivity index (χ0n) is 24.1. The number of fused-ring (bicyclic) bond motifs is 3. The molecule has 2 heterocycles. The molecule has 0 radical (unpaired) electrons. The summed E-state index contributed by atoms with van der Waals surface area (Å²) in [6, 6.07) is 25.1. The van der Waals surface area contributed by atoms with E-state index in [9.17, 15) is 0 Å². The minimum Gasteiger partial charge on any atom is -0.656 e. The molecule has 0 saturated heterocycles. The molecule has 0 aliphatic carbocycles. The van der Waals surface area contributed by atoms with Gasteiger partial charge in [-0.05, 0) is 66.2 Å². The van der Waals surface area contributed by atoms with Gasteiger partial charge >= 0.3 is 28.4 Å². The van der Waals surface area contributed by atoms with Crippen molar-refractivity contribution < 1.29 is 31.5 Å². The third-order valence-corrected chi connectivity index (χ3v) is 7.34. The molecular formula is C35H36AuN3+2. The van der Waals surface area contributed by atoms with E-state index >= 15 is 0 Å². The quantitative estimate of drug-likeness (QED) is 0.134. The number of hydrogen-bond donors (Lipinski definition) is 0. The molecule has 5 aromatic rings. The molecule has 0 fully saturated rings. The van der Waals surface area contributed by atoms with E-state index in [1.165, 1.54) is 66.7 Å². The minimum absolute atomic E-state index is 0. The first-order valence-corrected chi connectivity index (χ1v) is 13.2. The van der Waals surface area contributed by atoms with Crippen molar-refractivity contribution in [1.82, 2.24) is 4.98 Å². The van der Waals surface area contributed by atoms with Gasteiger partial charge in [0.2, 0.25) is 11.4 Å². The number of nitrogens with zero attached hydrogens (tertiary/aromatic N) is 3. The van der Waals surface area contributed by atoms with Crippen LogP contribution in [0.15, 0.2) is 73.1 Å². The Hall–Kier alpha value is -3.46. The number of aromatic nitrogens is 1. The zero-order chi connectivity index (χ0) is 27.1. The van der Waals surface area contributed by atoms with Crippen molar-refractivity contribution in [2.24, 2.45) is 0 Å². The van der Waals surface area contributed by atoms with Crippen LogP contribution >= 0.6 is 0 Å². The summed E-state index contributed by atoms with van der Waals surface area (Å²) in [5.41, 5.74) is 14.9. The maximum absolute atomic E-state index is 4.80. The Balaban J connectivity index is 0.000000180. The molecule has 1 aromatic heterocycles. The summed E-state index contributed by atoms with van der Waals surface area (Å²) in [7, 11) is 0. The van der Waals surface area contributed by atoms with Crippen LogP contribution in [0.4, 0.5) is 11.4 Å². The molecule has 0 atom stereocenters. The second-order valence-corrected chi connectivity index (χ2v) is 10.7. The second-order valence-electron chi connectivity index (χ2n) is 10.7. The summed E-state index contributed by atoms with van der Waals surface area (Å²) in [5.74, 6) is 0. The van der Waals surface area contributed by atoms with E-state index in [0.29, 0.717) is 0 Å². The van der Waals surface area contributed by atoms with Crippen molar-refractivity contribution in [2.45, 2.75) is 55.4 Å². The number of benzene rings is 4. The zero-order valence-corrected chi connectivity index (χ0v) is 26.2. The van der Waals surface area contributed by atoms with Gasteiger partial charge in [0.15, 0.2) is 0 Å². The van der Waals surface area contributed by atoms with E-state index in [-0.39, 0.29) is 22.4 Å². The predicted octanol–water partition coefficient (Wildman–Crippen LogP) is 8.75. The molecule has 39 heavy (non-hydrogen) atoms. The van der Waals surface area contributed by atoms with Crippen LogP contribution < -0.4 is 4.98 Å². The second kappa shape index (κ2) is 11.3. The Labute approximate surface area is 247 Å². The topological polar surface area (TPSA) is 20.1 Å². The summed E-state index contributed by atoms with van der Waals surface area (Å²) < 4.78 is 4.16. The van der Waals surface area contributed by atoms with Gasteiger partial charge in [0.1, 0.15) is 0 Å². The van der Waals surface area contributed by atoms with Crippen LogP contribution in [0.2, 0.25) is 0 Å². The van der Waals surface area contributed by atoms with Gasteiger partial charge in [-0.3, -0.25) is 0 Å². The van der Waals surface area contributed by atoms with Crippen LogP contribution in [-0.2, 0) is 22.4 Å². The third-order valence-electron chi connectivity index (χ3n) is 7.34.